The molecule has 1 aliphatic rings. The molecule has 0 saturated carbocycles. The summed E-state index contributed by atoms with van der Waals surface area (Å²) in [4.78, 5) is 23.0. The van der Waals surface area contributed by atoms with E-state index in [-0.39, 0.29) is 11.2 Å². The van der Waals surface area contributed by atoms with Gasteiger partial charge in [0, 0.05) is 24.8 Å². The Balaban J connectivity index is 1.61. The smallest absolute Gasteiger partial charge is 0.251 e. The third-order valence-electron chi connectivity index (χ3n) is 3.71. The Morgan fingerprint density at radius 1 is 1.27 bits per heavy atom. The Labute approximate surface area is 130 Å². The molecule has 0 atom stereocenters. The lowest BCUT2D eigenvalue weighted by molar-refractivity contribution is 0.0965. The van der Waals surface area contributed by atoms with Gasteiger partial charge in [-0.2, -0.15) is 4.98 Å². The van der Waals surface area contributed by atoms with Crippen molar-refractivity contribution in [2.24, 2.45) is 0 Å². The van der Waals surface area contributed by atoms with Crippen LogP contribution in [0.15, 0.2) is 30.5 Å². The number of hydrogen-bond donors (Lipinski definition) is 3. The zero-order valence-electron chi connectivity index (χ0n) is 11.5. The molecule has 3 heterocycles. The van der Waals surface area contributed by atoms with Crippen molar-refractivity contribution in [1.29, 1.82) is 0 Å². The molecule has 3 aromatic rings. The summed E-state index contributed by atoms with van der Waals surface area (Å²) in [5, 5.41) is 7.13. The lowest BCUT2D eigenvalue weighted by atomic mass is 10.1. The minimum Gasteiger partial charge on any atom is -0.365 e. The van der Waals surface area contributed by atoms with Gasteiger partial charge < -0.3 is 15.6 Å². The first-order valence-corrected chi connectivity index (χ1v) is 7.23. The molecule has 1 aromatic carbocycles. The van der Waals surface area contributed by atoms with Gasteiger partial charge >= 0.3 is 0 Å². The molecule has 2 aromatic heterocycles. The zero-order valence-corrected chi connectivity index (χ0v) is 12.2. The van der Waals surface area contributed by atoms with E-state index in [1.54, 1.807) is 6.20 Å². The van der Waals surface area contributed by atoms with Crippen LogP contribution in [0, 0.1) is 0 Å². The number of anilines is 1. The summed E-state index contributed by atoms with van der Waals surface area (Å²) < 4.78 is 0. The Hall–Kier alpha value is -2.60. The molecule has 1 aliphatic heterocycles. The van der Waals surface area contributed by atoms with E-state index < -0.39 is 0 Å². The van der Waals surface area contributed by atoms with Gasteiger partial charge in [-0.15, -0.1) is 0 Å². The molecule has 0 bridgehead atoms. The summed E-state index contributed by atoms with van der Waals surface area (Å²) in [6.07, 6.45) is 1.79. The van der Waals surface area contributed by atoms with Crippen LogP contribution >= 0.6 is 11.6 Å². The van der Waals surface area contributed by atoms with Crippen LogP contribution < -0.4 is 10.6 Å². The molecular formula is C15H12ClN5O. The van der Waals surface area contributed by atoms with Crippen molar-refractivity contribution in [1.82, 2.24) is 20.3 Å². The van der Waals surface area contributed by atoms with Crippen LogP contribution in [-0.2, 0) is 13.1 Å². The minimum atomic E-state index is -0.0186. The number of aromatic nitrogens is 3. The number of nitrogens with zero attached hydrogens (tertiary/aromatic N) is 2. The van der Waals surface area contributed by atoms with Crippen molar-refractivity contribution in [2.75, 3.05) is 5.32 Å². The van der Waals surface area contributed by atoms with E-state index in [4.69, 9.17) is 11.6 Å². The average molecular weight is 314 g/mol. The van der Waals surface area contributed by atoms with Crippen LogP contribution in [0.4, 0.5) is 5.82 Å². The van der Waals surface area contributed by atoms with Crippen molar-refractivity contribution in [3.05, 3.63) is 52.4 Å². The summed E-state index contributed by atoms with van der Waals surface area (Å²) in [5.74, 6) is 0.649. The predicted octanol–water partition coefficient (Wildman–Crippen LogP) is 2.47. The largest absolute Gasteiger partial charge is 0.365 e. The van der Waals surface area contributed by atoms with Crippen LogP contribution in [0.1, 0.15) is 21.5 Å². The quantitative estimate of drug-likeness (QED) is 0.649. The lowest BCUT2D eigenvalue weighted by Gasteiger charge is -2.08. The lowest BCUT2D eigenvalue weighted by Crippen LogP contribution is -2.12. The fraction of sp³-hybridized carbons (Fsp3) is 0.133. The first-order chi connectivity index (χ1) is 10.7. The van der Waals surface area contributed by atoms with E-state index in [1.165, 1.54) is 0 Å². The first kappa shape index (κ1) is 13.1. The third kappa shape index (κ3) is 2.17. The maximum atomic E-state index is 11.7. The fourth-order valence-corrected chi connectivity index (χ4v) is 2.77. The van der Waals surface area contributed by atoms with E-state index in [0.29, 0.717) is 24.6 Å². The van der Waals surface area contributed by atoms with Gasteiger partial charge in [0.05, 0.1) is 5.39 Å². The molecule has 0 fully saturated rings. The number of rotatable bonds is 3. The predicted molar refractivity (Wildman–Crippen MR) is 83.8 cm³/mol. The Kier molecular flexibility index (Phi) is 2.97. The van der Waals surface area contributed by atoms with Gasteiger partial charge in [-0.05, 0) is 34.9 Å². The van der Waals surface area contributed by atoms with Gasteiger partial charge in [-0.1, -0.05) is 12.1 Å². The SMILES string of the molecule is O=C1NCc2ccc(CNc3nc(Cl)nc4[nH]ccc34)cc21. The number of halogens is 1. The second-order valence-electron chi connectivity index (χ2n) is 5.11. The van der Waals surface area contributed by atoms with E-state index >= 15 is 0 Å². The highest BCUT2D eigenvalue weighted by atomic mass is 35.5. The van der Waals surface area contributed by atoms with Gasteiger partial charge in [-0.25, -0.2) is 4.98 Å². The van der Waals surface area contributed by atoms with Crippen LogP contribution in [0.25, 0.3) is 11.0 Å². The Bertz CT molecular complexity index is 889. The number of benzene rings is 1. The highest BCUT2D eigenvalue weighted by Gasteiger charge is 2.18. The van der Waals surface area contributed by atoms with Crippen molar-refractivity contribution < 1.29 is 4.79 Å². The topological polar surface area (TPSA) is 82.7 Å². The number of hydrogen-bond acceptors (Lipinski definition) is 4. The maximum absolute atomic E-state index is 11.7. The highest BCUT2D eigenvalue weighted by Crippen LogP contribution is 2.22. The molecule has 0 aliphatic carbocycles. The standard InChI is InChI=1S/C15H12ClN5O/c16-15-20-12-10(3-4-17-12)13(21-15)18-6-8-1-2-9-7-19-14(22)11(9)5-8/h1-5H,6-7H2,(H,19,22)(H2,17,18,20,21). The van der Waals surface area contributed by atoms with Crippen molar-refractivity contribution in [3.8, 4) is 0 Å². The minimum absolute atomic E-state index is 0.0186. The first-order valence-electron chi connectivity index (χ1n) is 6.85. The van der Waals surface area contributed by atoms with E-state index in [2.05, 4.69) is 25.6 Å². The van der Waals surface area contributed by atoms with Crippen LogP contribution in [0.5, 0.6) is 0 Å². The van der Waals surface area contributed by atoms with Gasteiger partial charge in [0.1, 0.15) is 11.5 Å². The molecule has 1 amide bonds. The summed E-state index contributed by atoms with van der Waals surface area (Å²) in [6.45, 7) is 1.15. The maximum Gasteiger partial charge on any atom is 0.251 e. The monoisotopic (exact) mass is 313 g/mol. The Morgan fingerprint density at radius 3 is 3.09 bits per heavy atom. The second kappa shape index (κ2) is 4.99. The van der Waals surface area contributed by atoms with Crippen LogP contribution in [-0.4, -0.2) is 20.9 Å². The number of H-pyrrole nitrogens is 1. The molecule has 7 heteroatoms. The van der Waals surface area contributed by atoms with Crippen molar-refractivity contribution >= 4 is 34.4 Å². The number of aromatic amines is 1. The van der Waals surface area contributed by atoms with Crippen LogP contribution in [0.3, 0.4) is 0 Å². The van der Waals surface area contributed by atoms with Crippen LogP contribution in [0.2, 0.25) is 5.28 Å². The molecule has 4 rings (SSSR count). The summed E-state index contributed by atoms with van der Waals surface area (Å²) in [6, 6.07) is 7.78. The summed E-state index contributed by atoms with van der Waals surface area (Å²) in [5.41, 5.74) is 3.48. The third-order valence-corrected chi connectivity index (χ3v) is 3.88. The molecule has 3 N–H and O–H groups in total. The van der Waals surface area contributed by atoms with E-state index in [0.717, 1.165) is 22.1 Å². The van der Waals surface area contributed by atoms with Crippen molar-refractivity contribution in [2.45, 2.75) is 13.1 Å². The zero-order chi connectivity index (χ0) is 15.1. The molecule has 110 valence electrons. The van der Waals surface area contributed by atoms with E-state index in [1.807, 2.05) is 24.3 Å². The second-order valence-corrected chi connectivity index (χ2v) is 5.45. The number of fused-ring (bicyclic) bond motifs is 2. The summed E-state index contributed by atoms with van der Waals surface area (Å²) >= 11 is 5.92. The number of nitrogens with one attached hydrogen (secondary N) is 3. The molecule has 6 nitrogen and oxygen atoms in total. The fourth-order valence-electron chi connectivity index (χ4n) is 2.60. The number of amides is 1. The average Bonchev–Trinajstić information content (AvgIpc) is 3.12. The molecule has 0 unspecified atom stereocenters. The van der Waals surface area contributed by atoms with E-state index in [9.17, 15) is 4.79 Å². The molecule has 22 heavy (non-hydrogen) atoms. The normalized spacial score (nSPS) is 13.2. The highest BCUT2D eigenvalue weighted by molar-refractivity contribution is 6.28. The number of carbonyl (C=O) groups excluding carboxylic acids is 1. The van der Waals surface area contributed by atoms with Gasteiger partial charge in [-0.3, -0.25) is 4.79 Å². The molecule has 0 spiro atoms. The Morgan fingerprint density at radius 2 is 2.18 bits per heavy atom. The summed E-state index contributed by atoms with van der Waals surface area (Å²) in [7, 11) is 0. The molecule has 0 saturated heterocycles. The van der Waals surface area contributed by atoms with Crippen molar-refractivity contribution in [3.63, 3.8) is 0 Å². The molecule has 0 radical (unpaired) electrons. The van der Waals surface area contributed by atoms with Gasteiger partial charge in [0.2, 0.25) is 5.28 Å². The van der Waals surface area contributed by atoms with Gasteiger partial charge in [0.25, 0.3) is 5.91 Å². The molecular weight excluding hydrogens is 302 g/mol. The number of carbonyl (C=O) groups is 1. The van der Waals surface area contributed by atoms with Gasteiger partial charge in [0.15, 0.2) is 0 Å².